The third-order valence-corrected chi connectivity index (χ3v) is 4.65. The highest BCUT2D eigenvalue weighted by atomic mass is 16.2. The van der Waals surface area contributed by atoms with Crippen LogP contribution in [0.3, 0.4) is 0 Å². The van der Waals surface area contributed by atoms with E-state index in [4.69, 9.17) is 0 Å². The maximum absolute atomic E-state index is 12.5. The molecule has 0 spiro atoms. The summed E-state index contributed by atoms with van der Waals surface area (Å²) in [6.07, 6.45) is 6.38. The molecule has 1 amide bonds. The van der Waals surface area contributed by atoms with Crippen LogP contribution in [-0.4, -0.2) is 25.7 Å². The number of aromatic nitrogens is 4. The first-order valence-electron chi connectivity index (χ1n) is 8.38. The molecular weight excluding hydrogens is 306 g/mol. The number of hydrogen-bond donors (Lipinski definition) is 2. The van der Waals surface area contributed by atoms with Gasteiger partial charge in [0.25, 0.3) is 11.5 Å². The largest absolute Gasteiger partial charge is 0.342 e. The highest BCUT2D eigenvalue weighted by Crippen LogP contribution is 2.31. The van der Waals surface area contributed by atoms with Crippen molar-refractivity contribution in [1.82, 2.24) is 25.1 Å². The molecule has 2 N–H and O–H groups in total. The van der Waals surface area contributed by atoms with Crippen molar-refractivity contribution in [2.45, 2.75) is 58.5 Å². The van der Waals surface area contributed by atoms with Gasteiger partial charge in [-0.1, -0.05) is 12.8 Å². The molecule has 0 saturated heterocycles. The van der Waals surface area contributed by atoms with Crippen LogP contribution in [0.15, 0.2) is 17.2 Å². The van der Waals surface area contributed by atoms with Gasteiger partial charge in [-0.05, 0) is 45.2 Å². The van der Waals surface area contributed by atoms with Gasteiger partial charge in [0, 0.05) is 11.7 Å². The lowest BCUT2D eigenvalue weighted by Gasteiger charge is -2.19. The molecule has 1 unspecified atom stereocenters. The minimum absolute atomic E-state index is 0.152. The van der Waals surface area contributed by atoms with Gasteiger partial charge in [0.15, 0.2) is 5.82 Å². The molecule has 1 aliphatic rings. The number of carbonyl (C=O) groups is 1. The Labute approximate surface area is 140 Å². The van der Waals surface area contributed by atoms with E-state index in [1.54, 1.807) is 26.2 Å². The molecule has 2 aromatic heterocycles. The van der Waals surface area contributed by atoms with Crippen molar-refractivity contribution in [2.24, 2.45) is 0 Å². The molecule has 128 valence electrons. The summed E-state index contributed by atoms with van der Waals surface area (Å²) in [7, 11) is 0. The highest BCUT2D eigenvalue weighted by molar-refractivity contribution is 5.95. The predicted molar refractivity (Wildman–Crippen MR) is 89.9 cm³/mol. The van der Waals surface area contributed by atoms with Crippen LogP contribution in [-0.2, 0) is 0 Å². The van der Waals surface area contributed by atoms with E-state index in [1.165, 1.54) is 12.8 Å². The molecule has 0 aliphatic heterocycles. The number of nitrogens with one attached hydrogen (secondary N) is 2. The van der Waals surface area contributed by atoms with Gasteiger partial charge in [-0.15, -0.1) is 10.2 Å². The minimum Gasteiger partial charge on any atom is -0.342 e. The van der Waals surface area contributed by atoms with E-state index in [9.17, 15) is 9.59 Å². The summed E-state index contributed by atoms with van der Waals surface area (Å²) >= 11 is 0. The lowest BCUT2D eigenvalue weighted by atomic mass is 10.1. The second kappa shape index (κ2) is 6.59. The van der Waals surface area contributed by atoms with Gasteiger partial charge in [0.05, 0.1) is 6.04 Å². The molecule has 1 fully saturated rings. The Kier molecular flexibility index (Phi) is 4.51. The molecule has 0 radical (unpaired) electrons. The topological polar surface area (TPSA) is 92.7 Å². The van der Waals surface area contributed by atoms with Gasteiger partial charge in [-0.2, -0.15) is 0 Å². The van der Waals surface area contributed by atoms with E-state index in [2.05, 4.69) is 25.1 Å². The molecule has 0 aromatic carbocycles. The first kappa shape index (κ1) is 16.4. The first-order chi connectivity index (χ1) is 11.5. The third kappa shape index (κ3) is 3.11. The summed E-state index contributed by atoms with van der Waals surface area (Å²) in [4.78, 5) is 27.3. The smallest absolute Gasteiger partial charge is 0.261 e. The van der Waals surface area contributed by atoms with Crippen LogP contribution in [0.4, 0.5) is 0 Å². The van der Waals surface area contributed by atoms with Crippen molar-refractivity contribution in [3.63, 3.8) is 0 Å². The van der Waals surface area contributed by atoms with Crippen molar-refractivity contribution >= 4 is 5.91 Å². The summed E-state index contributed by atoms with van der Waals surface area (Å²) in [5, 5.41) is 11.1. The fourth-order valence-corrected chi connectivity index (χ4v) is 3.49. The molecule has 24 heavy (non-hydrogen) atoms. The fourth-order valence-electron chi connectivity index (χ4n) is 3.49. The molecule has 1 atom stereocenters. The van der Waals surface area contributed by atoms with Crippen molar-refractivity contribution in [2.75, 3.05) is 0 Å². The maximum atomic E-state index is 12.5. The highest BCUT2D eigenvalue weighted by Gasteiger charge is 2.24. The van der Waals surface area contributed by atoms with E-state index in [1.807, 2.05) is 6.92 Å². The molecule has 2 aromatic rings. The summed E-state index contributed by atoms with van der Waals surface area (Å²) in [5.41, 5.74) is 1.19. The van der Waals surface area contributed by atoms with Crippen LogP contribution in [0, 0.1) is 13.8 Å². The maximum Gasteiger partial charge on any atom is 0.261 e. The Morgan fingerprint density at radius 2 is 2.08 bits per heavy atom. The normalized spacial score (nSPS) is 16.3. The zero-order valence-corrected chi connectivity index (χ0v) is 14.3. The monoisotopic (exact) mass is 329 g/mol. The molecule has 3 rings (SSSR count). The standard InChI is InChI=1S/C17H23N5O2/c1-10-8-11(2)19-16(23)14(10)17(24)20-12(3)15-21-18-9-22(15)13-6-4-5-7-13/h8-9,12-13H,4-7H2,1-3H3,(H,19,23)(H,20,24). The van der Waals surface area contributed by atoms with Crippen LogP contribution in [0.5, 0.6) is 0 Å². The quantitative estimate of drug-likeness (QED) is 0.899. The van der Waals surface area contributed by atoms with Crippen LogP contribution in [0.1, 0.15) is 72.1 Å². The fraction of sp³-hybridized carbons (Fsp3) is 0.529. The number of rotatable bonds is 4. The van der Waals surface area contributed by atoms with Gasteiger partial charge in [-0.25, -0.2) is 0 Å². The second-order valence-electron chi connectivity index (χ2n) is 6.57. The van der Waals surface area contributed by atoms with Crippen LogP contribution < -0.4 is 10.9 Å². The number of aryl methyl sites for hydroxylation is 2. The molecular formula is C17H23N5O2. The van der Waals surface area contributed by atoms with Crippen molar-refractivity contribution < 1.29 is 4.79 Å². The number of pyridine rings is 1. The Morgan fingerprint density at radius 1 is 1.38 bits per heavy atom. The first-order valence-corrected chi connectivity index (χ1v) is 8.38. The lowest BCUT2D eigenvalue weighted by Crippen LogP contribution is -2.34. The zero-order chi connectivity index (χ0) is 17.3. The number of nitrogens with zero attached hydrogens (tertiary/aromatic N) is 3. The van der Waals surface area contributed by atoms with Crippen molar-refractivity contribution in [3.8, 4) is 0 Å². The predicted octanol–water partition coefficient (Wildman–Crippen LogP) is 2.19. The van der Waals surface area contributed by atoms with Gasteiger partial charge < -0.3 is 14.9 Å². The summed E-state index contributed by atoms with van der Waals surface area (Å²) < 4.78 is 2.06. The number of amides is 1. The Hall–Kier alpha value is -2.44. The molecule has 1 aliphatic carbocycles. The zero-order valence-electron chi connectivity index (χ0n) is 14.3. The van der Waals surface area contributed by atoms with E-state index in [-0.39, 0.29) is 23.1 Å². The van der Waals surface area contributed by atoms with Crippen molar-refractivity contribution in [1.29, 1.82) is 0 Å². The average Bonchev–Trinajstić information content (AvgIpc) is 3.17. The lowest BCUT2D eigenvalue weighted by molar-refractivity contribution is 0.0935. The van der Waals surface area contributed by atoms with Crippen LogP contribution >= 0.6 is 0 Å². The van der Waals surface area contributed by atoms with Gasteiger partial charge in [-0.3, -0.25) is 9.59 Å². The molecule has 7 heteroatoms. The van der Waals surface area contributed by atoms with Crippen LogP contribution in [0.2, 0.25) is 0 Å². The van der Waals surface area contributed by atoms with E-state index in [0.717, 1.165) is 24.4 Å². The number of H-pyrrole nitrogens is 1. The van der Waals surface area contributed by atoms with E-state index >= 15 is 0 Å². The van der Waals surface area contributed by atoms with Crippen LogP contribution in [0.25, 0.3) is 0 Å². The van der Waals surface area contributed by atoms with E-state index in [0.29, 0.717) is 11.6 Å². The number of aromatic amines is 1. The summed E-state index contributed by atoms with van der Waals surface area (Å²) in [5.74, 6) is 0.346. The Morgan fingerprint density at radius 3 is 2.75 bits per heavy atom. The molecule has 7 nitrogen and oxygen atoms in total. The second-order valence-corrected chi connectivity index (χ2v) is 6.57. The van der Waals surface area contributed by atoms with Gasteiger partial charge in [0.1, 0.15) is 11.9 Å². The third-order valence-electron chi connectivity index (χ3n) is 4.65. The van der Waals surface area contributed by atoms with Gasteiger partial charge in [0.2, 0.25) is 0 Å². The molecule has 0 bridgehead atoms. The molecule has 2 heterocycles. The van der Waals surface area contributed by atoms with Crippen molar-refractivity contribution in [3.05, 3.63) is 45.4 Å². The minimum atomic E-state index is -0.387. The SMILES string of the molecule is Cc1cc(C)c(C(=O)NC(C)c2nncn2C2CCCC2)c(=O)[nH]1. The Balaban J connectivity index is 1.81. The molecule has 1 saturated carbocycles. The number of carbonyl (C=O) groups excluding carboxylic acids is 1. The van der Waals surface area contributed by atoms with Gasteiger partial charge >= 0.3 is 0 Å². The Bertz CT molecular complexity index is 802. The summed E-state index contributed by atoms with van der Waals surface area (Å²) in [6.45, 7) is 5.43. The number of hydrogen-bond acceptors (Lipinski definition) is 4. The average molecular weight is 329 g/mol. The van der Waals surface area contributed by atoms with E-state index < -0.39 is 0 Å². The summed E-state index contributed by atoms with van der Waals surface area (Å²) in [6, 6.07) is 1.88.